The molecular weight excluding hydrogens is 435 g/mol. The third kappa shape index (κ3) is 10.2. The second-order valence-electron chi connectivity index (χ2n) is 7.64. The number of hydrogen-bond acceptors (Lipinski definition) is 5. The molecule has 2 aromatic rings. The van der Waals surface area contributed by atoms with E-state index >= 15 is 0 Å². The summed E-state index contributed by atoms with van der Waals surface area (Å²) < 4.78 is 11.3. The van der Waals surface area contributed by atoms with Gasteiger partial charge < -0.3 is 14.6 Å². The van der Waals surface area contributed by atoms with Crippen LogP contribution in [-0.4, -0.2) is 73.6 Å². The van der Waals surface area contributed by atoms with Crippen LogP contribution >= 0.6 is 24.8 Å². The lowest BCUT2D eigenvalue weighted by molar-refractivity contribution is -0.000436. The predicted molar refractivity (Wildman–Crippen MR) is 131 cm³/mol. The highest BCUT2D eigenvalue weighted by atomic mass is 35.5. The van der Waals surface area contributed by atoms with Gasteiger partial charge in [-0.3, -0.25) is 9.80 Å². The van der Waals surface area contributed by atoms with Crippen molar-refractivity contribution in [1.29, 1.82) is 0 Å². The highest BCUT2D eigenvalue weighted by Crippen LogP contribution is 2.12. The van der Waals surface area contributed by atoms with Gasteiger partial charge in [0.05, 0.1) is 19.3 Å². The maximum absolute atomic E-state index is 10.3. The minimum atomic E-state index is -0.459. The first-order chi connectivity index (χ1) is 14.2. The Morgan fingerprint density at radius 1 is 0.839 bits per heavy atom. The minimum Gasteiger partial charge on any atom is -0.491 e. The number of halogens is 2. The fourth-order valence-electron chi connectivity index (χ4n) is 3.58. The molecule has 0 amide bonds. The smallest absolute Gasteiger partial charge is 0.119 e. The maximum atomic E-state index is 10.3. The lowest BCUT2D eigenvalue weighted by Gasteiger charge is -2.35. The zero-order valence-corrected chi connectivity index (χ0v) is 20.0. The van der Waals surface area contributed by atoms with E-state index in [2.05, 4.69) is 59.2 Å². The molecule has 0 aliphatic carbocycles. The van der Waals surface area contributed by atoms with Gasteiger partial charge in [-0.2, -0.15) is 0 Å². The molecule has 0 saturated carbocycles. The van der Waals surface area contributed by atoms with E-state index in [1.165, 1.54) is 11.1 Å². The molecule has 1 heterocycles. The first kappa shape index (κ1) is 27.7. The number of β-amino-alcohol motifs (C(OH)–C–C–N with tert-alkyl or cyclic N) is 1. The Kier molecular flexibility index (Phi) is 13.8. The Balaban J connectivity index is 0.00000240. The molecule has 31 heavy (non-hydrogen) atoms. The van der Waals surface area contributed by atoms with E-state index in [9.17, 15) is 5.11 Å². The molecule has 1 aliphatic rings. The number of aliphatic hydroxyl groups is 1. The number of aryl methyl sites for hydroxylation is 1. The van der Waals surface area contributed by atoms with Crippen molar-refractivity contribution >= 4 is 24.8 Å². The van der Waals surface area contributed by atoms with Crippen LogP contribution < -0.4 is 4.74 Å². The summed E-state index contributed by atoms with van der Waals surface area (Å²) in [6.07, 6.45) is 0.572. The second kappa shape index (κ2) is 15.5. The minimum absolute atomic E-state index is 0. The van der Waals surface area contributed by atoms with Gasteiger partial charge >= 0.3 is 0 Å². The molecule has 1 N–H and O–H groups in total. The largest absolute Gasteiger partial charge is 0.491 e. The Morgan fingerprint density at radius 2 is 1.48 bits per heavy atom. The van der Waals surface area contributed by atoms with E-state index in [1.54, 1.807) is 0 Å². The van der Waals surface area contributed by atoms with E-state index in [4.69, 9.17) is 9.47 Å². The molecule has 0 bridgehead atoms. The number of hydrogen-bond donors (Lipinski definition) is 1. The summed E-state index contributed by atoms with van der Waals surface area (Å²) >= 11 is 0. The standard InChI is InChI=1S/C24H34N2O3.2ClH/c1-2-21-8-10-24(11-9-21)29-17-16-28-20-23(27)19-26-14-12-25(13-15-26)18-22-6-4-3-5-7-22;;/h3-11,23,27H,2,12-20H2,1H3;2*1H. The van der Waals surface area contributed by atoms with Crippen molar-refractivity contribution in [3.63, 3.8) is 0 Å². The van der Waals surface area contributed by atoms with Crippen LogP contribution in [0.3, 0.4) is 0 Å². The fourth-order valence-corrected chi connectivity index (χ4v) is 3.58. The number of benzene rings is 2. The van der Waals surface area contributed by atoms with E-state index in [0.29, 0.717) is 26.4 Å². The van der Waals surface area contributed by atoms with Crippen LogP contribution in [0, 0.1) is 0 Å². The summed E-state index contributed by atoms with van der Waals surface area (Å²) in [5.41, 5.74) is 2.66. The number of ether oxygens (including phenoxy) is 2. The van der Waals surface area contributed by atoms with Gasteiger partial charge in [0, 0.05) is 39.3 Å². The van der Waals surface area contributed by atoms with Crippen molar-refractivity contribution in [1.82, 2.24) is 9.80 Å². The van der Waals surface area contributed by atoms with E-state index in [0.717, 1.165) is 44.9 Å². The van der Waals surface area contributed by atoms with Crippen molar-refractivity contribution < 1.29 is 14.6 Å². The van der Waals surface area contributed by atoms with Gasteiger partial charge in [-0.1, -0.05) is 49.4 Å². The van der Waals surface area contributed by atoms with E-state index in [1.807, 2.05) is 12.1 Å². The van der Waals surface area contributed by atoms with Crippen LogP contribution in [0.25, 0.3) is 0 Å². The van der Waals surface area contributed by atoms with Gasteiger partial charge in [0.2, 0.25) is 0 Å². The number of aliphatic hydroxyl groups excluding tert-OH is 1. The van der Waals surface area contributed by atoms with Crippen molar-refractivity contribution in [3.8, 4) is 5.75 Å². The highest BCUT2D eigenvalue weighted by molar-refractivity contribution is 5.85. The lowest BCUT2D eigenvalue weighted by Crippen LogP contribution is -2.48. The summed E-state index contributed by atoms with van der Waals surface area (Å²) in [5.74, 6) is 0.861. The van der Waals surface area contributed by atoms with Crippen LogP contribution in [-0.2, 0) is 17.7 Å². The van der Waals surface area contributed by atoms with Crippen molar-refractivity contribution in [2.24, 2.45) is 0 Å². The highest BCUT2D eigenvalue weighted by Gasteiger charge is 2.19. The molecule has 5 nitrogen and oxygen atoms in total. The molecule has 0 aromatic heterocycles. The molecule has 3 rings (SSSR count). The molecule has 1 fully saturated rings. The van der Waals surface area contributed by atoms with Gasteiger partial charge in [-0.15, -0.1) is 24.8 Å². The monoisotopic (exact) mass is 470 g/mol. The molecule has 174 valence electrons. The van der Waals surface area contributed by atoms with Crippen LogP contribution in [0.4, 0.5) is 0 Å². The fraction of sp³-hybridized carbons (Fsp3) is 0.500. The number of rotatable bonds is 11. The topological polar surface area (TPSA) is 45.2 Å². The van der Waals surface area contributed by atoms with Crippen LogP contribution in [0.15, 0.2) is 54.6 Å². The number of nitrogens with zero attached hydrogens (tertiary/aromatic N) is 2. The van der Waals surface area contributed by atoms with Crippen molar-refractivity contribution in [2.75, 3.05) is 52.5 Å². The molecule has 1 saturated heterocycles. The van der Waals surface area contributed by atoms with Gasteiger partial charge in [-0.05, 0) is 29.7 Å². The third-order valence-electron chi connectivity index (χ3n) is 5.32. The Hall–Kier alpha value is -1.34. The quantitative estimate of drug-likeness (QED) is 0.507. The third-order valence-corrected chi connectivity index (χ3v) is 5.32. The first-order valence-electron chi connectivity index (χ1n) is 10.7. The summed E-state index contributed by atoms with van der Waals surface area (Å²) in [6, 6.07) is 18.7. The summed E-state index contributed by atoms with van der Waals surface area (Å²) in [7, 11) is 0. The molecule has 0 spiro atoms. The van der Waals surface area contributed by atoms with Gasteiger partial charge in [0.15, 0.2) is 0 Å². The average Bonchev–Trinajstić information content (AvgIpc) is 2.76. The Morgan fingerprint density at radius 3 is 2.13 bits per heavy atom. The van der Waals surface area contributed by atoms with Crippen molar-refractivity contribution in [2.45, 2.75) is 26.0 Å². The zero-order valence-electron chi connectivity index (χ0n) is 18.3. The normalized spacial score (nSPS) is 15.5. The molecule has 1 aliphatic heterocycles. The SMILES string of the molecule is CCc1ccc(OCCOCC(O)CN2CCN(Cc3ccccc3)CC2)cc1.Cl.Cl. The average molecular weight is 471 g/mol. The Labute approximate surface area is 199 Å². The molecular formula is C24H36Cl2N2O3. The first-order valence-corrected chi connectivity index (χ1v) is 10.7. The maximum Gasteiger partial charge on any atom is 0.119 e. The van der Waals surface area contributed by atoms with E-state index < -0.39 is 6.10 Å². The summed E-state index contributed by atoms with van der Waals surface area (Å²) in [6.45, 7) is 9.18. The second-order valence-corrected chi connectivity index (χ2v) is 7.64. The van der Waals surface area contributed by atoms with Gasteiger partial charge in [-0.25, -0.2) is 0 Å². The number of piperazine rings is 1. The summed E-state index contributed by atoms with van der Waals surface area (Å²) in [4.78, 5) is 4.79. The molecule has 2 aromatic carbocycles. The van der Waals surface area contributed by atoms with Crippen LogP contribution in [0.1, 0.15) is 18.1 Å². The Bertz CT molecular complexity index is 696. The van der Waals surface area contributed by atoms with Gasteiger partial charge in [0.1, 0.15) is 12.4 Å². The lowest BCUT2D eigenvalue weighted by atomic mass is 10.2. The van der Waals surface area contributed by atoms with Crippen LogP contribution in [0.5, 0.6) is 5.75 Å². The zero-order chi connectivity index (χ0) is 20.3. The summed E-state index contributed by atoms with van der Waals surface area (Å²) in [5, 5.41) is 10.3. The molecule has 1 atom stereocenters. The molecule has 0 radical (unpaired) electrons. The molecule has 7 heteroatoms. The van der Waals surface area contributed by atoms with Crippen molar-refractivity contribution in [3.05, 3.63) is 65.7 Å². The van der Waals surface area contributed by atoms with Crippen LogP contribution in [0.2, 0.25) is 0 Å². The van der Waals surface area contributed by atoms with Gasteiger partial charge in [0.25, 0.3) is 0 Å². The predicted octanol–water partition coefficient (Wildman–Crippen LogP) is 3.67. The molecule has 1 unspecified atom stereocenters. The van der Waals surface area contributed by atoms with E-state index in [-0.39, 0.29) is 24.8 Å².